The number of rotatable bonds is 3. The largest absolute Gasteiger partial charge is 0.416 e. The lowest BCUT2D eigenvalue weighted by molar-refractivity contribution is -0.137. The van der Waals surface area contributed by atoms with Crippen molar-refractivity contribution < 1.29 is 21.6 Å². The predicted octanol–water partition coefficient (Wildman–Crippen LogP) is 3.30. The first-order chi connectivity index (χ1) is 7.64. The molecule has 0 saturated carbocycles. The van der Waals surface area contributed by atoms with Gasteiger partial charge in [0.1, 0.15) is 5.21 Å². The second-order valence-corrected chi connectivity index (χ2v) is 5.80. The van der Waals surface area contributed by atoms with Crippen LogP contribution in [0.1, 0.15) is 5.56 Å². The van der Waals surface area contributed by atoms with E-state index >= 15 is 0 Å². The summed E-state index contributed by atoms with van der Waals surface area (Å²) in [7, 11) is -3.86. The average molecular weight is 308 g/mol. The Morgan fingerprint density at radius 2 is 1.82 bits per heavy atom. The van der Waals surface area contributed by atoms with Crippen LogP contribution in [0.5, 0.6) is 0 Å². The quantitative estimate of drug-likeness (QED) is 0.871. The number of hydrogen-bond acceptors (Lipinski definition) is 2. The molecule has 1 rings (SSSR count). The minimum absolute atomic E-state index is 0.230. The molecule has 1 aromatic rings. The van der Waals surface area contributed by atoms with Crippen LogP contribution in [0.2, 0.25) is 5.02 Å². The molecule has 0 radical (unpaired) electrons. The van der Waals surface area contributed by atoms with Gasteiger partial charge in [0.05, 0.1) is 11.3 Å². The van der Waals surface area contributed by atoms with Crippen molar-refractivity contribution in [1.82, 2.24) is 0 Å². The SMILES string of the molecule is O=S(=O)(CCl)Nc1cc(Cl)cc(C(F)(F)F)c1. The van der Waals surface area contributed by atoms with Crippen molar-refractivity contribution in [2.24, 2.45) is 0 Å². The fourth-order valence-electron chi connectivity index (χ4n) is 1.02. The van der Waals surface area contributed by atoms with Crippen LogP contribution in [-0.4, -0.2) is 13.6 Å². The molecule has 17 heavy (non-hydrogen) atoms. The van der Waals surface area contributed by atoms with Crippen LogP contribution in [0.4, 0.5) is 18.9 Å². The number of benzene rings is 1. The van der Waals surface area contributed by atoms with Crippen molar-refractivity contribution in [2.75, 3.05) is 9.93 Å². The van der Waals surface area contributed by atoms with Crippen LogP contribution in [0.3, 0.4) is 0 Å². The van der Waals surface area contributed by atoms with E-state index in [1.54, 1.807) is 0 Å². The van der Waals surface area contributed by atoms with E-state index in [9.17, 15) is 21.6 Å². The monoisotopic (exact) mass is 307 g/mol. The van der Waals surface area contributed by atoms with Crippen molar-refractivity contribution in [3.05, 3.63) is 28.8 Å². The van der Waals surface area contributed by atoms with Crippen LogP contribution in [-0.2, 0) is 16.2 Å². The third-order valence-electron chi connectivity index (χ3n) is 1.64. The summed E-state index contributed by atoms with van der Waals surface area (Å²) in [5.41, 5.74) is -1.33. The summed E-state index contributed by atoms with van der Waals surface area (Å²) in [6.07, 6.45) is -4.61. The summed E-state index contributed by atoms with van der Waals surface area (Å²) in [5.74, 6) is 0. The number of anilines is 1. The van der Waals surface area contributed by atoms with Crippen LogP contribution in [0.25, 0.3) is 0 Å². The summed E-state index contributed by atoms with van der Waals surface area (Å²) in [6, 6.07) is 2.39. The van der Waals surface area contributed by atoms with E-state index in [1.165, 1.54) is 0 Å². The van der Waals surface area contributed by atoms with Crippen LogP contribution in [0, 0.1) is 0 Å². The molecule has 9 heteroatoms. The average Bonchev–Trinajstić information content (AvgIpc) is 2.14. The Bertz CT molecular complexity index is 516. The van der Waals surface area contributed by atoms with E-state index in [0.717, 1.165) is 6.07 Å². The fourth-order valence-corrected chi connectivity index (χ4v) is 1.95. The van der Waals surface area contributed by atoms with Gasteiger partial charge < -0.3 is 0 Å². The highest BCUT2D eigenvalue weighted by atomic mass is 35.5. The van der Waals surface area contributed by atoms with Gasteiger partial charge in [-0.05, 0) is 18.2 Å². The Balaban J connectivity index is 3.15. The van der Waals surface area contributed by atoms with Gasteiger partial charge in [0.2, 0.25) is 10.0 Å². The van der Waals surface area contributed by atoms with Crippen LogP contribution < -0.4 is 4.72 Å². The Hall–Kier alpha value is -0.660. The summed E-state index contributed by atoms with van der Waals surface area (Å²) in [5, 5.41) is -0.993. The van der Waals surface area contributed by atoms with Gasteiger partial charge in [0.25, 0.3) is 0 Å². The maximum atomic E-state index is 12.4. The summed E-state index contributed by atoms with van der Waals surface area (Å²) in [6.45, 7) is 0. The predicted molar refractivity (Wildman–Crippen MR) is 59.7 cm³/mol. The Kier molecular flexibility index (Phi) is 4.16. The third kappa shape index (κ3) is 4.25. The van der Waals surface area contributed by atoms with Crippen LogP contribution in [0.15, 0.2) is 18.2 Å². The Labute approximate surface area is 106 Å². The smallest absolute Gasteiger partial charge is 0.282 e. The number of alkyl halides is 4. The second-order valence-electron chi connectivity index (χ2n) is 3.05. The number of nitrogens with one attached hydrogen (secondary N) is 1. The first-order valence-electron chi connectivity index (χ1n) is 4.08. The molecular weight excluding hydrogens is 302 g/mol. The molecule has 0 aliphatic carbocycles. The molecule has 0 aromatic heterocycles. The van der Waals surface area contributed by atoms with Crippen molar-refractivity contribution in [2.45, 2.75) is 6.18 Å². The van der Waals surface area contributed by atoms with Crippen molar-refractivity contribution >= 4 is 38.9 Å². The molecule has 0 aliphatic rings. The van der Waals surface area contributed by atoms with E-state index in [2.05, 4.69) is 0 Å². The molecule has 0 saturated heterocycles. The van der Waals surface area contributed by atoms with Gasteiger partial charge in [0, 0.05) is 5.02 Å². The molecule has 0 aliphatic heterocycles. The molecule has 3 nitrogen and oxygen atoms in total. The topological polar surface area (TPSA) is 46.2 Å². The zero-order valence-electron chi connectivity index (χ0n) is 8.05. The maximum Gasteiger partial charge on any atom is 0.416 e. The molecule has 0 heterocycles. The van der Waals surface area contributed by atoms with Gasteiger partial charge in [-0.1, -0.05) is 11.6 Å². The number of sulfonamides is 1. The summed E-state index contributed by atoms with van der Waals surface area (Å²) >= 11 is 10.6. The van der Waals surface area contributed by atoms with E-state index in [0.29, 0.717) is 12.1 Å². The van der Waals surface area contributed by atoms with E-state index in [1.807, 2.05) is 4.72 Å². The molecule has 0 spiro atoms. The van der Waals surface area contributed by atoms with E-state index in [4.69, 9.17) is 23.2 Å². The fraction of sp³-hybridized carbons (Fsp3) is 0.250. The maximum absolute atomic E-state index is 12.4. The van der Waals surface area contributed by atoms with Gasteiger partial charge in [-0.3, -0.25) is 4.72 Å². The molecule has 1 aromatic carbocycles. The molecule has 0 bridgehead atoms. The lowest BCUT2D eigenvalue weighted by Crippen LogP contribution is -2.14. The van der Waals surface area contributed by atoms with Gasteiger partial charge >= 0.3 is 6.18 Å². The highest BCUT2D eigenvalue weighted by Gasteiger charge is 2.31. The lowest BCUT2D eigenvalue weighted by atomic mass is 10.2. The summed E-state index contributed by atoms with van der Waals surface area (Å²) in [4.78, 5) is 0. The highest BCUT2D eigenvalue weighted by molar-refractivity contribution is 7.93. The van der Waals surface area contributed by atoms with Gasteiger partial charge in [-0.25, -0.2) is 8.42 Å². The third-order valence-corrected chi connectivity index (χ3v) is 3.56. The Morgan fingerprint density at radius 1 is 1.24 bits per heavy atom. The normalized spacial score (nSPS) is 12.5. The molecule has 96 valence electrons. The number of hydrogen-bond donors (Lipinski definition) is 1. The minimum Gasteiger partial charge on any atom is -0.282 e. The van der Waals surface area contributed by atoms with Gasteiger partial charge in [0.15, 0.2) is 0 Å². The van der Waals surface area contributed by atoms with Crippen molar-refractivity contribution in [3.63, 3.8) is 0 Å². The summed E-state index contributed by atoms with van der Waals surface area (Å²) < 4.78 is 61.2. The van der Waals surface area contributed by atoms with Crippen molar-refractivity contribution in [3.8, 4) is 0 Å². The molecular formula is C8H6Cl2F3NO2S. The lowest BCUT2D eigenvalue weighted by Gasteiger charge is -2.11. The molecule has 0 unspecified atom stereocenters. The zero-order valence-corrected chi connectivity index (χ0v) is 10.4. The zero-order chi connectivity index (χ0) is 13.3. The molecule has 0 atom stereocenters. The van der Waals surface area contributed by atoms with Crippen LogP contribution >= 0.6 is 23.2 Å². The minimum atomic E-state index is -4.61. The first kappa shape index (κ1) is 14.4. The molecule has 0 amide bonds. The van der Waals surface area contributed by atoms with Crippen molar-refractivity contribution in [1.29, 1.82) is 0 Å². The van der Waals surface area contributed by atoms with Gasteiger partial charge in [-0.15, -0.1) is 11.6 Å². The molecule has 0 fully saturated rings. The van der Waals surface area contributed by atoms with E-state index in [-0.39, 0.29) is 10.7 Å². The number of halogens is 5. The van der Waals surface area contributed by atoms with Gasteiger partial charge in [-0.2, -0.15) is 13.2 Å². The van der Waals surface area contributed by atoms with E-state index < -0.39 is 27.0 Å². The first-order valence-corrected chi connectivity index (χ1v) is 6.65. The standard InChI is InChI=1S/C8H6Cl2F3NO2S/c9-4-17(15,16)14-7-2-5(8(11,12)13)1-6(10)3-7/h1-3,14H,4H2. The second kappa shape index (κ2) is 4.91. The highest BCUT2D eigenvalue weighted by Crippen LogP contribution is 2.33. The Morgan fingerprint density at radius 3 is 2.29 bits per heavy atom. The molecule has 1 N–H and O–H groups in total.